The number of para-hydroxylation sites is 1. The monoisotopic (exact) mass is 284 g/mol. The predicted molar refractivity (Wildman–Crippen MR) is 86.2 cm³/mol. The minimum atomic E-state index is 0.179. The molecule has 1 aromatic carbocycles. The topological polar surface area (TPSA) is 44.9 Å². The first-order valence-corrected chi connectivity index (χ1v) is 8.14. The Kier molecular flexibility index (Phi) is 4.59. The van der Waals surface area contributed by atoms with Crippen molar-refractivity contribution in [3.8, 4) is 0 Å². The molecular weight excluding hydrogens is 260 g/mol. The van der Waals surface area contributed by atoms with Gasteiger partial charge in [-0.1, -0.05) is 43.9 Å². The normalized spacial score (nSPS) is 15.6. The molecule has 1 aromatic heterocycles. The molecule has 0 atom stereocenters. The van der Waals surface area contributed by atoms with Crippen molar-refractivity contribution in [1.29, 1.82) is 0 Å². The van der Waals surface area contributed by atoms with Crippen molar-refractivity contribution < 1.29 is 4.79 Å². The second kappa shape index (κ2) is 6.79. The van der Waals surface area contributed by atoms with Crippen LogP contribution in [0.5, 0.6) is 0 Å². The van der Waals surface area contributed by atoms with Gasteiger partial charge in [0.1, 0.15) is 0 Å². The molecule has 1 aliphatic rings. The molecule has 1 amide bonds. The highest BCUT2D eigenvalue weighted by molar-refractivity contribution is 5.84. The number of rotatable bonds is 6. The number of hydrogen-bond donors (Lipinski definition) is 2. The molecule has 0 aliphatic heterocycles. The van der Waals surface area contributed by atoms with Gasteiger partial charge in [0.25, 0.3) is 0 Å². The number of H-pyrrole nitrogens is 1. The smallest absolute Gasteiger partial charge is 0.220 e. The Bertz CT molecular complexity index is 596. The van der Waals surface area contributed by atoms with Gasteiger partial charge in [0, 0.05) is 30.1 Å². The quantitative estimate of drug-likeness (QED) is 0.832. The van der Waals surface area contributed by atoms with Crippen LogP contribution in [0.1, 0.15) is 44.1 Å². The van der Waals surface area contributed by atoms with Gasteiger partial charge in [0.2, 0.25) is 5.91 Å². The maximum atomic E-state index is 11.9. The van der Waals surface area contributed by atoms with Crippen LogP contribution in [0, 0.1) is 5.92 Å². The molecule has 2 aromatic rings. The van der Waals surface area contributed by atoms with Gasteiger partial charge < -0.3 is 10.3 Å². The number of aromatic nitrogens is 1. The Balaban J connectivity index is 1.43. The maximum absolute atomic E-state index is 11.9. The summed E-state index contributed by atoms with van der Waals surface area (Å²) in [6, 6.07) is 8.25. The Morgan fingerprint density at radius 2 is 2.05 bits per heavy atom. The second-order valence-corrected chi connectivity index (χ2v) is 6.15. The maximum Gasteiger partial charge on any atom is 0.220 e. The number of benzene rings is 1. The van der Waals surface area contributed by atoms with E-state index in [1.165, 1.54) is 36.6 Å². The van der Waals surface area contributed by atoms with Gasteiger partial charge in [0.15, 0.2) is 0 Å². The fourth-order valence-corrected chi connectivity index (χ4v) is 3.39. The molecule has 3 rings (SSSR count). The predicted octanol–water partition coefficient (Wildman–Crippen LogP) is 3.80. The molecule has 21 heavy (non-hydrogen) atoms. The summed E-state index contributed by atoms with van der Waals surface area (Å²) in [5.41, 5.74) is 2.38. The van der Waals surface area contributed by atoms with Crippen molar-refractivity contribution in [2.24, 2.45) is 5.92 Å². The van der Waals surface area contributed by atoms with Crippen LogP contribution in [0.4, 0.5) is 0 Å². The lowest BCUT2D eigenvalue weighted by Crippen LogP contribution is -2.25. The molecule has 1 heterocycles. The van der Waals surface area contributed by atoms with E-state index in [4.69, 9.17) is 0 Å². The molecule has 0 saturated heterocycles. The summed E-state index contributed by atoms with van der Waals surface area (Å²) >= 11 is 0. The van der Waals surface area contributed by atoms with E-state index < -0.39 is 0 Å². The first-order chi connectivity index (χ1) is 10.3. The van der Waals surface area contributed by atoms with Crippen molar-refractivity contribution in [2.75, 3.05) is 6.54 Å². The summed E-state index contributed by atoms with van der Waals surface area (Å²) in [5, 5.41) is 4.30. The van der Waals surface area contributed by atoms with Gasteiger partial charge >= 0.3 is 0 Å². The van der Waals surface area contributed by atoms with E-state index in [0.717, 1.165) is 30.8 Å². The van der Waals surface area contributed by atoms with Crippen LogP contribution in [0.3, 0.4) is 0 Å². The third-order valence-corrected chi connectivity index (χ3v) is 4.65. The second-order valence-electron chi connectivity index (χ2n) is 6.15. The van der Waals surface area contributed by atoms with E-state index in [1.807, 2.05) is 18.3 Å². The molecule has 1 aliphatic carbocycles. The SMILES string of the molecule is O=C(CCc1c[nH]c2ccccc12)NCCC1CCCC1. The molecule has 1 fully saturated rings. The Morgan fingerprint density at radius 1 is 1.24 bits per heavy atom. The van der Waals surface area contributed by atoms with Crippen molar-refractivity contribution >= 4 is 16.8 Å². The third-order valence-electron chi connectivity index (χ3n) is 4.65. The molecule has 112 valence electrons. The van der Waals surface area contributed by atoms with Crippen LogP contribution in [-0.4, -0.2) is 17.4 Å². The Morgan fingerprint density at radius 3 is 2.90 bits per heavy atom. The summed E-state index contributed by atoms with van der Waals surface area (Å²) < 4.78 is 0. The van der Waals surface area contributed by atoms with Crippen molar-refractivity contribution in [3.63, 3.8) is 0 Å². The number of carbonyl (C=O) groups excluding carboxylic acids is 1. The molecule has 2 N–H and O–H groups in total. The van der Waals surface area contributed by atoms with Gasteiger partial charge in [-0.2, -0.15) is 0 Å². The Labute approximate surface area is 126 Å². The van der Waals surface area contributed by atoms with Crippen LogP contribution in [0.15, 0.2) is 30.5 Å². The minimum absolute atomic E-state index is 0.179. The number of fused-ring (bicyclic) bond motifs is 1. The lowest BCUT2D eigenvalue weighted by molar-refractivity contribution is -0.121. The molecule has 0 unspecified atom stereocenters. The lowest BCUT2D eigenvalue weighted by atomic mass is 10.0. The van der Waals surface area contributed by atoms with E-state index in [9.17, 15) is 4.79 Å². The largest absolute Gasteiger partial charge is 0.361 e. The number of amides is 1. The van der Waals surface area contributed by atoms with Gasteiger partial charge in [-0.25, -0.2) is 0 Å². The summed E-state index contributed by atoms with van der Waals surface area (Å²) in [6.07, 6.45) is 10.0. The van der Waals surface area contributed by atoms with Gasteiger partial charge in [0.05, 0.1) is 0 Å². The molecule has 0 spiro atoms. The summed E-state index contributed by atoms with van der Waals surface area (Å²) in [4.78, 5) is 15.2. The Hall–Kier alpha value is -1.77. The van der Waals surface area contributed by atoms with Crippen LogP contribution < -0.4 is 5.32 Å². The van der Waals surface area contributed by atoms with E-state index >= 15 is 0 Å². The third kappa shape index (κ3) is 3.66. The highest BCUT2D eigenvalue weighted by Crippen LogP contribution is 2.26. The lowest BCUT2D eigenvalue weighted by Gasteiger charge is -2.09. The van der Waals surface area contributed by atoms with Gasteiger partial charge in [-0.15, -0.1) is 0 Å². The molecule has 3 heteroatoms. The summed E-state index contributed by atoms with van der Waals surface area (Å²) in [7, 11) is 0. The molecule has 1 saturated carbocycles. The first-order valence-electron chi connectivity index (χ1n) is 8.14. The number of carbonyl (C=O) groups is 1. The summed E-state index contributed by atoms with van der Waals surface area (Å²) in [6.45, 7) is 0.845. The van der Waals surface area contributed by atoms with E-state index in [-0.39, 0.29) is 5.91 Å². The minimum Gasteiger partial charge on any atom is -0.361 e. The van der Waals surface area contributed by atoms with Gasteiger partial charge in [-0.05, 0) is 30.4 Å². The van der Waals surface area contributed by atoms with E-state index in [1.54, 1.807) is 0 Å². The molecule has 0 radical (unpaired) electrons. The number of aromatic amines is 1. The zero-order valence-electron chi connectivity index (χ0n) is 12.5. The van der Waals surface area contributed by atoms with Crippen molar-refractivity contribution in [3.05, 3.63) is 36.0 Å². The fourth-order valence-electron chi connectivity index (χ4n) is 3.39. The van der Waals surface area contributed by atoms with Gasteiger partial charge in [-0.3, -0.25) is 4.79 Å². The van der Waals surface area contributed by atoms with Crippen LogP contribution >= 0.6 is 0 Å². The number of aryl methyl sites for hydroxylation is 1. The highest BCUT2D eigenvalue weighted by Gasteiger charge is 2.14. The zero-order valence-corrected chi connectivity index (χ0v) is 12.5. The number of hydrogen-bond acceptors (Lipinski definition) is 1. The molecule has 0 bridgehead atoms. The van der Waals surface area contributed by atoms with Crippen LogP contribution in [-0.2, 0) is 11.2 Å². The van der Waals surface area contributed by atoms with E-state index in [2.05, 4.69) is 22.4 Å². The highest BCUT2D eigenvalue weighted by atomic mass is 16.1. The number of nitrogens with one attached hydrogen (secondary N) is 2. The first kappa shape index (κ1) is 14.2. The summed E-state index contributed by atoms with van der Waals surface area (Å²) in [5.74, 6) is 1.03. The molecule has 3 nitrogen and oxygen atoms in total. The average Bonchev–Trinajstić information content (AvgIpc) is 3.14. The fraction of sp³-hybridized carbons (Fsp3) is 0.500. The van der Waals surface area contributed by atoms with Crippen molar-refractivity contribution in [1.82, 2.24) is 10.3 Å². The average molecular weight is 284 g/mol. The molecular formula is C18H24N2O. The van der Waals surface area contributed by atoms with Crippen LogP contribution in [0.2, 0.25) is 0 Å². The zero-order chi connectivity index (χ0) is 14.5. The van der Waals surface area contributed by atoms with E-state index in [0.29, 0.717) is 6.42 Å². The standard InChI is InChI=1S/C18H24N2O/c21-18(19-12-11-14-5-1-2-6-14)10-9-15-13-20-17-8-4-3-7-16(15)17/h3-4,7-8,13-14,20H,1-2,5-6,9-12H2,(H,19,21). The van der Waals surface area contributed by atoms with Crippen molar-refractivity contribution in [2.45, 2.75) is 44.9 Å². The van der Waals surface area contributed by atoms with Crippen LogP contribution in [0.25, 0.3) is 10.9 Å².